The Labute approximate surface area is 158 Å². The summed E-state index contributed by atoms with van der Waals surface area (Å²) in [6.07, 6.45) is 1.05. The first-order chi connectivity index (χ1) is 13.1. The second kappa shape index (κ2) is 8.53. The molecule has 7 heteroatoms. The van der Waals surface area contributed by atoms with E-state index in [4.69, 9.17) is 4.74 Å². The molecule has 1 saturated heterocycles. The van der Waals surface area contributed by atoms with Crippen LogP contribution < -0.4 is 9.64 Å². The Bertz CT molecular complexity index is 816. The van der Waals surface area contributed by atoms with Gasteiger partial charge in [0.1, 0.15) is 11.4 Å². The van der Waals surface area contributed by atoms with E-state index in [-0.39, 0.29) is 16.5 Å². The van der Waals surface area contributed by atoms with E-state index in [1.54, 1.807) is 25.3 Å². The zero-order chi connectivity index (χ0) is 19.2. The van der Waals surface area contributed by atoms with Crippen molar-refractivity contribution in [3.8, 4) is 5.75 Å². The number of para-hydroxylation sites is 3. The predicted molar refractivity (Wildman–Crippen MR) is 103 cm³/mol. The number of nitro benzene ring substituents is 1. The maximum atomic E-state index is 12.5. The molecule has 0 radical (unpaired) electrons. The number of amides is 1. The zero-order valence-electron chi connectivity index (χ0n) is 15.3. The molecule has 7 nitrogen and oxygen atoms in total. The van der Waals surface area contributed by atoms with Gasteiger partial charge in [0.2, 0.25) is 5.91 Å². The first-order valence-corrected chi connectivity index (χ1v) is 8.98. The van der Waals surface area contributed by atoms with Crippen LogP contribution in [0.1, 0.15) is 12.0 Å². The number of piperazine rings is 1. The minimum Gasteiger partial charge on any atom is -0.496 e. The summed E-state index contributed by atoms with van der Waals surface area (Å²) in [6.45, 7) is 2.31. The highest BCUT2D eigenvalue weighted by atomic mass is 16.6. The second-order valence-electron chi connectivity index (χ2n) is 6.43. The number of nitrogens with zero attached hydrogens (tertiary/aromatic N) is 3. The largest absolute Gasteiger partial charge is 0.496 e. The molecule has 1 aliphatic rings. The van der Waals surface area contributed by atoms with Crippen molar-refractivity contribution in [2.45, 2.75) is 12.8 Å². The molecule has 2 aromatic carbocycles. The Hall–Kier alpha value is -3.09. The van der Waals surface area contributed by atoms with E-state index in [2.05, 4.69) is 0 Å². The highest BCUT2D eigenvalue weighted by Crippen LogP contribution is 2.28. The van der Waals surface area contributed by atoms with Gasteiger partial charge in [-0.1, -0.05) is 30.3 Å². The maximum Gasteiger partial charge on any atom is 0.292 e. The first kappa shape index (κ1) is 18.7. The lowest BCUT2D eigenvalue weighted by molar-refractivity contribution is -0.384. The average molecular weight is 369 g/mol. The van der Waals surface area contributed by atoms with E-state index < -0.39 is 0 Å². The number of nitro groups is 1. The topological polar surface area (TPSA) is 75.9 Å². The van der Waals surface area contributed by atoms with Crippen molar-refractivity contribution in [2.24, 2.45) is 0 Å². The number of hydrogen-bond donors (Lipinski definition) is 0. The molecule has 142 valence electrons. The third-order valence-corrected chi connectivity index (χ3v) is 4.85. The van der Waals surface area contributed by atoms with Crippen LogP contribution in [0.3, 0.4) is 0 Å². The van der Waals surface area contributed by atoms with Gasteiger partial charge in [-0.05, 0) is 24.1 Å². The standard InChI is InChI=1S/C20H23N3O4/c1-27-19-9-5-2-6-16(19)10-11-20(24)22-14-12-21(13-15-22)17-7-3-4-8-18(17)23(25)26/h2-9H,10-15H2,1H3. The van der Waals surface area contributed by atoms with Crippen molar-refractivity contribution < 1.29 is 14.5 Å². The Morgan fingerprint density at radius 3 is 2.44 bits per heavy atom. The van der Waals surface area contributed by atoms with Gasteiger partial charge in [0.05, 0.1) is 12.0 Å². The third kappa shape index (κ3) is 4.36. The summed E-state index contributed by atoms with van der Waals surface area (Å²) in [5, 5.41) is 11.2. The Morgan fingerprint density at radius 1 is 1.07 bits per heavy atom. The van der Waals surface area contributed by atoms with E-state index in [0.717, 1.165) is 11.3 Å². The fourth-order valence-electron chi connectivity index (χ4n) is 3.39. The monoisotopic (exact) mass is 369 g/mol. The van der Waals surface area contributed by atoms with Gasteiger partial charge in [0.15, 0.2) is 0 Å². The van der Waals surface area contributed by atoms with Crippen LogP contribution in [0.4, 0.5) is 11.4 Å². The SMILES string of the molecule is COc1ccccc1CCC(=O)N1CCN(c2ccccc2[N+](=O)[O-])CC1. The normalized spacial score (nSPS) is 14.1. The van der Waals surface area contributed by atoms with Crippen LogP contribution in [0.15, 0.2) is 48.5 Å². The molecule has 2 aromatic rings. The van der Waals surface area contributed by atoms with Gasteiger partial charge in [0.25, 0.3) is 5.69 Å². The molecule has 0 aromatic heterocycles. The van der Waals surface area contributed by atoms with Crippen LogP contribution in [0.2, 0.25) is 0 Å². The quantitative estimate of drug-likeness (QED) is 0.578. The van der Waals surface area contributed by atoms with Crippen LogP contribution in [0, 0.1) is 10.1 Å². The highest BCUT2D eigenvalue weighted by molar-refractivity contribution is 5.77. The smallest absolute Gasteiger partial charge is 0.292 e. The third-order valence-electron chi connectivity index (χ3n) is 4.85. The Balaban J connectivity index is 1.56. The lowest BCUT2D eigenvalue weighted by Gasteiger charge is -2.35. The predicted octanol–water partition coefficient (Wildman–Crippen LogP) is 2.88. The van der Waals surface area contributed by atoms with Gasteiger partial charge in [-0.15, -0.1) is 0 Å². The number of hydrogen-bond acceptors (Lipinski definition) is 5. The molecule has 0 unspecified atom stereocenters. The van der Waals surface area contributed by atoms with Crippen LogP contribution in [-0.4, -0.2) is 49.0 Å². The fourth-order valence-corrected chi connectivity index (χ4v) is 3.39. The van der Waals surface area contributed by atoms with E-state index in [1.807, 2.05) is 34.1 Å². The molecule has 0 saturated carbocycles. The van der Waals surface area contributed by atoms with Gasteiger partial charge in [-0.25, -0.2) is 0 Å². The highest BCUT2D eigenvalue weighted by Gasteiger charge is 2.25. The fraction of sp³-hybridized carbons (Fsp3) is 0.350. The van der Waals surface area contributed by atoms with Gasteiger partial charge < -0.3 is 14.5 Å². The van der Waals surface area contributed by atoms with E-state index >= 15 is 0 Å². The van der Waals surface area contributed by atoms with Crippen molar-refractivity contribution in [3.63, 3.8) is 0 Å². The number of ether oxygens (including phenoxy) is 1. The van der Waals surface area contributed by atoms with Gasteiger partial charge in [-0.2, -0.15) is 0 Å². The number of aryl methyl sites for hydroxylation is 1. The maximum absolute atomic E-state index is 12.5. The summed E-state index contributed by atoms with van der Waals surface area (Å²) < 4.78 is 5.33. The minimum absolute atomic E-state index is 0.100. The van der Waals surface area contributed by atoms with Crippen LogP contribution in [-0.2, 0) is 11.2 Å². The van der Waals surface area contributed by atoms with Crippen molar-refractivity contribution in [1.82, 2.24) is 4.90 Å². The van der Waals surface area contributed by atoms with Gasteiger partial charge in [0, 0.05) is 38.7 Å². The number of carbonyl (C=O) groups excluding carboxylic acids is 1. The summed E-state index contributed by atoms with van der Waals surface area (Å²) in [4.78, 5) is 27.2. The van der Waals surface area contributed by atoms with Gasteiger partial charge >= 0.3 is 0 Å². The molecule has 1 amide bonds. The van der Waals surface area contributed by atoms with Crippen molar-refractivity contribution in [1.29, 1.82) is 0 Å². The number of rotatable bonds is 6. The molecule has 0 spiro atoms. The molecule has 0 atom stereocenters. The molecule has 0 bridgehead atoms. The molecule has 0 aliphatic carbocycles. The van der Waals surface area contributed by atoms with Crippen molar-refractivity contribution >= 4 is 17.3 Å². The minimum atomic E-state index is -0.361. The van der Waals surface area contributed by atoms with Crippen LogP contribution >= 0.6 is 0 Å². The summed E-state index contributed by atoms with van der Waals surface area (Å²) >= 11 is 0. The molecule has 27 heavy (non-hydrogen) atoms. The number of carbonyl (C=O) groups is 1. The lowest BCUT2D eigenvalue weighted by Crippen LogP contribution is -2.49. The molecule has 1 heterocycles. The molecule has 0 N–H and O–H groups in total. The summed E-state index contributed by atoms with van der Waals surface area (Å²) in [5.41, 5.74) is 1.74. The average Bonchev–Trinajstić information content (AvgIpc) is 2.72. The number of anilines is 1. The summed E-state index contributed by atoms with van der Waals surface area (Å²) in [7, 11) is 1.63. The second-order valence-corrected chi connectivity index (χ2v) is 6.43. The zero-order valence-corrected chi connectivity index (χ0v) is 15.3. The molecular formula is C20H23N3O4. The van der Waals surface area contributed by atoms with Crippen molar-refractivity contribution in [2.75, 3.05) is 38.2 Å². The molecular weight excluding hydrogens is 346 g/mol. The van der Waals surface area contributed by atoms with Gasteiger partial charge in [-0.3, -0.25) is 14.9 Å². The molecule has 1 fully saturated rings. The molecule has 1 aliphatic heterocycles. The van der Waals surface area contributed by atoms with Crippen LogP contribution in [0.25, 0.3) is 0 Å². The summed E-state index contributed by atoms with van der Waals surface area (Å²) in [6, 6.07) is 14.5. The van der Waals surface area contributed by atoms with Crippen LogP contribution in [0.5, 0.6) is 5.75 Å². The van der Waals surface area contributed by atoms with E-state index in [0.29, 0.717) is 44.7 Å². The summed E-state index contributed by atoms with van der Waals surface area (Å²) in [5.74, 6) is 0.898. The van der Waals surface area contributed by atoms with Crippen molar-refractivity contribution in [3.05, 3.63) is 64.2 Å². The lowest BCUT2D eigenvalue weighted by atomic mass is 10.1. The Morgan fingerprint density at radius 2 is 1.74 bits per heavy atom. The Kier molecular flexibility index (Phi) is 5.90. The van der Waals surface area contributed by atoms with E-state index in [9.17, 15) is 14.9 Å². The molecule has 3 rings (SSSR count). The first-order valence-electron chi connectivity index (χ1n) is 8.98. The van der Waals surface area contributed by atoms with E-state index in [1.165, 1.54) is 6.07 Å². The number of benzene rings is 2. The number of methoxy groups -OCH3 is 1.